The Balaban J connectivity index is 1.45. The minimum absolute atomic E-state index is 0.144. The van der Waals surface area contributed by atoms with Crippen molar-refractivity contribution in [1.82, 2.24) is 9.80 Å². The molecule has 0 aromatic heterocycles. The largest absolute Gasteiger partial charge is 0.481 e. The number of hydrogen-bond donors (Lipinski definition) is 2. The number of nitrogens with zero attached hydrogens (tertiary/aromatic N) is 2. The second-order valence-corrected chi connectivity index (χ2v) is 11.8. The van der Waals surface area contributed by atoms with Crippen LogP contribution >= 0.6 is 0 Å². The number of carbonyl (C=O) groups excluding carboxylic acids is 2. The molecular formula is C38H38N2O8. The van der Waals surface area contributed by atoms with Crippen molar-refractivity contribution in [1.29, 1.82) is 0 Å². The Hall–Kier alpha value is -5.32. The van der Waals surface area contributed by atoms with E-state index in [4.69, 9.17) is 9.47 Å². The molecule has 1 fully saturated rings. The fourth-order valence-electron chi connectivity index (χ4n) is 6.28. The van der Waals surface area contributed by atoms with E-state index in [0.29, 0.717) is 11.1 Å². The fourth-order valence-corrected chi connectivity index (χ4v) is 6.28. The summed E-state index contributed by atoms with van der Waals surface area (Å²) in [6.45, 7) is 0.288. The van der Waals surface area contributed by atoms with Gasteiger partial charge in [-0.2, -0.15) is 0 Å². The first-order valence-corrected chi connectivity index (χ1v) is 15.6. The Morgan fingerprint density at radius 1 is 0.521 bits per heavy atom. The summed E-state index contributed by atoms with van der Waals surface area (Å²) in [6, 6.07) is 36.6. The van der Waals surface area contributed by atoms with Crippen molar-refractivity contribution in [3.63, 3.8) is 0 Å². The molecular weight excluding hydrogens is 612 g/mol. The second-order valence-electron chi connectivity index (χ2n) is 11.8. The highest BCUT2D eigenvalue weighted by Crippen LogP contribution is 2.50. The number of rotatable bonds is 14. The number of hydrogen-bond acceptors (Lipinski definition) is 6. The quantitative estimate of drug-likeness (QED) is 0.174. The van der Waals surface area contributed by atoms with Crippen molar-refractivity contribution in [3.8, 4) is 0 Å². The highest BCUT2D eigenvalue weighted by Gasteiger charge is 2.65. The van der Waals surface area contributed by atoms with E-state index < -0.39 is 59.9 Å². The molecule has 2 N–H and O–H groups in total. The summed E-state index contributed by atoms with van der Waals surface area (Å²) < 4.78 is 12.5. The first kappa shape index (κ1) is 34.0. The maximum Gasteiger partial charge on any atom is 0.308 e. The molecule has 1 aliphatic carbocycles. The van der Waals surface area contributed by atoms with Crippen LogP contribution in [0, 0.1) is 23.7 Å². The van der Waals surface area contributed by atoms with Gasteiger partial charge in [0.2, 0.25) is 11.8 Å². The minimum Gasteiger partial charge on any atom is -0.481 e. The molecule has 6 atom stereocenters. The van der Waals surface area contributed by atoms with Crippen LogP contribution in [0.2, 0.25) is 0 Å². The van der Waals surface area contributed by atoms with Crippen LogP contribution in [0.25, 0.3) is 0 Å². The molecule has 1 saturated carbocycles. The lowest BCUT2D eigenvalue weighted by atomic mass is 9.55. The number of carbonyl (C=O) groups is 4. The number of amides is 2. The van der Waals surface area contributed by atoms with Gasteiger partial charge in [0.1, 0.15) is 0 Å². The highest BCUT2D eigenvalue weighted by atomic mass is 16.5. The van der Waals surface area contributed by atoms with Crippen LogP contribution in [0.15, 0.2) is 121 Å². The monoisotopic (exact) mass is 650 g/mol. The van der Waals surface area contributed by atoms with E-state index in [1.165, 1.54) is 23.9 Å². The Morgan fingerprint density at radius 2 is 0.812 bits per heavy atom. The van der Waals surface area contributed by atoms with Gasteiger partial charge in [-0.15, -0.1) is 0 Å². The first-order chi connectivity index (χ1) is 23.2. The van der Waals surface area contributed by atoms with Gasteiger partial charge in [-0.3, -0.25) is 19.2 Å². The smallest absolute Gasteiger partial charge is 0.308 e. The molecule has 248 valence electrons. The molecule has 0 heterocycles. The van der Waals surface area contributed by atoms with Crippen LogP contribution < -0.4 is 0 Å². The molecule has 10 nitrogen and oxygen atoms in total. The van der Waals surface area contributed by atoms with Crippen molar-refractivity contribution in [2.24, 2.45) is 23.7 Å². The van der Waals surface area contributed by atoms with Crippen LogP contribution in [0.5, 0.6) is 0 Å². The predicted molar refractivity (Wildman–Crippen MR) is 176 cm³/mol. The zero-order valence-electron chi connectivity index (χ0n) is 26.7. The summed E-state index contributed by atoms with van der Waals surface area (Å²) in [5, 5.41) is 20.4. The van der Waals surface area contributed by atoms with Crippen molar-refractivity contribution in [2.45, 2.75) is 25.7 Å². The van der Waals surface area contributed by atoms with Crippen molar-refractivity contribution in [2.75, 3.05) is 14.1 Å². The Bertz CT molecular complexity index is 1560. The molecule has 2 amide bonds. The standard InChI is InChI=1S/C38H38N2O8/c1-39(35(27-19-11-5-12-20-27)47-23-25-15-7-3-8-16-25)33(41)29-30(32(38(45)46)31(29)37(43)44)34(42)40(2)36(28-21-13-6-14-22-28)48-24-26-17-9-4-10-18-26/h3-22,29-32,35-36H,23-24H2,1-2H3,(H,43,44)(H,45,46). The van der Waals surface area contributed by atoms with E-state index >= 15 is 0 Å². The highest BCUT2D eigenvalue weighted by molar-refractivity contribution is 5.99. The van der Waals surface area contributed by atoms with Gasteiger partial charge >= 0.3 is 11.9 Å². The van der Waals surface area contributed by atoms with Crippen LogP contribution in [-0.4, -0.2) is 57.9 Å². The lowest BCUT2D eigenvalue weighted by Crippen LogP contribution is -2.64. The molecule has 4 aromatic carbocycles. The van der Waals surface area contributed by atoms with E-state index in [0.717, 1.165) is 11.1 Å². The summed E-state index contributed by atoms with van der Waals surface area (Å²) >= 11 is 0. The van der Waals surface area contributed by atoms with E-state index in [1.54, 1.807) is 48.5 Å². The van der Waals surface area contributed by atoms with Gasteiger partial charge in [0.05, 0.1) is 36.9 Å². The molecule has 0 aliphatic heterocycles. The van der Waals surface area contributed by atoms with Crippen LogP contribution in [0.1, 0.15) is 34.7 Å². The number of benzene rings is 4. The van der Waals surface area contributed by atoms with Crippen LogP contribution in [0.3, 0.4) is 0 Å². The van der Waals surface area contributed by atoms with Crippen LogP contribution in [0.4, 0.5) is 0 Å². The van der Waals surface area contributed by atoms with Crippen molar-refractivity contribution in [3.05, 3.63) is 144 Å². The molecule has 5 rings (SSSR count). The lowest BCUT2D eigenvalue weighted by molar-refractivity contribution is -0.194. The van der Waals surface area contributed by atoms with Gasteiger partial charge in [0.15, 0.2) is 12.5 Å². The maximum absolute atomic E-state index is 14.3. The molecule has 0 radical (unpaired) electrons. The van der Waals surface area contributed by atoms with E-state index in [1.807, 2.05) is 72.8 Å². The third kappa shape index (κ3) is 7.46. The normalized spacial score (nSPS) is 19.7. The Morgan fingerprint density at radius 3 is 1.10 bits per heavy atom. The fraction of sp³-hybridized carbons (Fsp3) is 0.263. The zero-order valence-corrected chi connectivity index (χ0v) is 26.7. The Kier molecular flexibility index (Phi) is 11.0. The summed E-state index contributed by atoms with van der Waals surface area (Å²) in [5.74, 6) is -10.6. The number of aliphatic carboxylic acids is 2. The second kappa shape index (κ2) is 15.5. The summed E-state index contributed by atoms with van der Waals surface area (Å²) in [7, 11) is 2.94. The zero-order chi connectivity index (χ0) is 34.2. The van der Waals surface area contributed by atoms with Gasteiger partial charge < -0.3 is 29.5 Å². The van der Waals surface area contributed by atoms with Gasteiger partial charge in [0.25, 0.3) is 0 Å². The summed E-state index contributed by atoms with van der Waals surface area (Å²) in [6.07, 6.45) is -1.89. The molecule has 0 spiro atoms. The van der Waals surface area contributed by atoms with Crippen molar-refractivity contribution >= 4 is 23.8 Å². The molecule has 10 heteroatoms. The molecule has 48 heavy (non-hydrogen) atoms. The minimum atomic E-state index is -1.63. The third-order valence-corrected chi connectivity index (χ3v) is 8.76. The lowest BCUT2D eigenvalue weighted by Gasteiger charge is -2.49. The maximum atomic E-state index is 14.3. The molecule has 0 saturated heterocycles. The first-order valence-electron chi connectivity index (χ1n) is 15.6. The van der Waals surface area contributed by atoms with Gasteiger partial charge in [0, 0.05) is 25.2 Å². The van der Waals surface area contributed by atoms with Gasteiger partial charge in [-0.1, -0.05) is 121 Å². The molecule has 1 aliphatic rings. The SMILES string of the molecule is CN(C(=O)C1C(C(=O)O)C(C(=O)O)C1C(=O)N(C)C(OCc1ccccc1)c1ccccc1)C(OCc1ccccc1)c1ccccc1. The molecule has 6 unspecified atom stereocenters. The predicted octanol–water partition coefficient (Wildman–Crippen LogP) is 5.38. The number of carboxylic acid groups (broad SMARTS) is 2. The average Bonchev–Trinajstić information content (AvgIpc) is 3.09. The summed E-state index contributed by atoms with van der Waals surface area (Å²) in [5.41, 5.74) is 2.97. The van der Waals surface area contributed by atoms with Gasteiger partial charge in [-0.25, -0.2) is 0 Å². The van der Waals surface area contributed by atoms with E-state index in [2.05, 4.69) is 0 Å². The van der Waals surface area contributed by atoms with E-state index in [9.17, 15) is 29.4 Å². The van der Waals surface area contributed by atoms with Gasteiger partial charge in [-0.05, 0) is 11.1 Å². The Labute approximate surface area is 279 Å². The average molecular weight is 651 g/mol. The number of carboxylic acids is 2. The van der Waals surface area contributed by atoms with Crippen LogP contribution in [-0.2, 0) is 41.9 Å². The number of ether oxygens (including phenoxy) is 2. The van der Waals surface area contributed by atoms with E-state index in [-0.39, 0.29) is 13.2 Å². The third-order valence-electron chi connectivity index (χ3n) is 8.76. The molecule has 4 aromatic rings. The molecule has 0 bridgehead atoms. The summed E-state index contributed by atoms with van der Waals surface area (Å²) in [4.78, 5) is 56.2. The topological polar surface area (TPSA) is 134 Å². The van der Waals surface area contributed by atoms with Crippen molar-refractivity contribution < 1.29 is 38.9 Å².